The van der Waals surface area contributed by atoms with E-state index in [9.17, 15) is 4.79 Å². The van der Waals surface area contributed by atoms with Gasteiger partial charge in [-0.15, -0.1) is 0 Å². The van der Waals surface area contributed by atoms with Crippen LogP contribution in [0.15, 0.2) is 5.16 Å². The molecule has 0 saturated carbocycles. The van der Waals surface area contributed by atoms with E-state index in [0.29, 0.717) is 6.42 Å². The summed E-state index contributed by atoms with van der Waals surface area (Å²) in [6.07, 6.45) is 0.500. The summed E-state index contributed by atoms with van der Waals surface area (Å²) < 4.78 is 0. The van der Waals surface area contributed by atoms with Crippen LogP contribution in [0.3, 0.4) is 0 Å². The fraction of sp³-hybridized carbons (Fsp3) is 0.750. The quantitative estimate of drug-likeness (QED) is 0.287. The Bertz CT molecular complexity index is 225. The highest BCUT2D eigenvalue weighted by atomic mass is 16.4. The molecule has 76 valence electrons. The van der Waals surface area contributed by atoms with Crippen LogP contribution in [-0.4, -0.2) is 35.9 Å². The SMILES string of the molecule is CCC(C)(C(=O)N(C)C)C(N)=NO. The summed E-state index contributed by atoms with van der Waals surface area (Å²) in [6, 6.07) is 0. The minimum Gasteiger partial charge on any atom is -0.409 e. The van der Waals surface area contributed by atoms with E-state index < -0.39 is 5.41 Å². The van der Waals surface area contributed by atoms with Crippen molar-refractivity contribution in [2.75, 3.05) is 14.1 Å². The molecule has 0 aromatic heterocycles. The third kappa shape index (κ3) is 2.11. The predicted octanol–water partition coefficient (Wildman–Crippen LogP) is 0.237. The number of carbonyl (C=O) groups excluding carboxylic acids is 1. The van der Waals surface area contributed by atoms with Gasteiger partial charge in [0.2, 0.25) is 5.91 Å². The first-order chi connectivity index (χ1) is 5.90. The lowest BCUT2D eigenvalue weighted by atomic mass is 9.85. The van der Waals surface area contributed by atoms with Crippen LogP contribution in [0.4, 0.5) is 0 Å². The van der Waals surface area contributed by atoms with E-state index in [1.165, 1.54) is 4.90 Å². The number of oxime groups is 1. The van der Waals surface area contributed by atoms with E-state index >= 15 is 0 Å². The van der Waals surface area contributed by atoms with E-state index in [-0.39, 0.29) is 11.7 Å². The van der Waals surface area contributed by atoms with Crippen LogP contribution in [0.25, 0.3) is 0 Å². The van der Waals surface area contributed by atoms with Crippen molar-refractivity contribution in [1.29, 1.82) is 0 Å². The number of rotatable bonds is 3. The normalized spacial score (nSPS) is 16.5. The van der Waals surface area contributed by atoms with Gasteiger partial charge in [-0.2, -0.15) is 0 Å². The monoisotopic (exact) mass is 187 g/mol. The van der Waals surface area contributed by atoms with Gasteiger partial charge in [0.05, 0.1) is 0 Å². The summed E-state index contributed by atoms with van der Waals surface area (Å²) in [6.45, 7) is 3.48. The molecule has 1 amide bonds. The second kappa shape index (κ2) is 4.11. The van der Waals surface area contributed by atoms with Gasteiger partial charge in [-0.3, -0.25) is 4.79 Å². The Labute approximate surface area is 78.2 Å². The number of nitrogens with two attached hydrogens (primary N) is 1. The van der Waals surface area contributed by atoms with Crippen LogP contribution in [0.5, 0.6) is 0 Å². The molecule has 5 nitrogen and oxygen atoms in total. The van der Waals surface area contributed by atoms with Crippen molar-refractivity contribution in [3.8, 4) is 0 Å². The second-order valence-corrected chi connectivity index (χ2v) is 3.37. The molecule has 0 aromatic rings. The van der Waals surface area contributed by atoms with Crippen molar-refractivity contribution in [1.82, 2.24) is 4.90 Å². The van der Waals surface area contributed by atoms with Crippen molar-refractivity contribution in [3.05, 3.63) is 0 Å². The first-order valence-electron chi connectivity index (χ1n) is 4.10. The number of hydrogen-bond donors (Lipinski definition) is 2. The first-order valence-corrected chi connectivity index (χ1v) is 4.10. The molecule has 1 atom stereocenters. The zero-order valence-corrected chi connectivity index (χ0v) is 8.53. The van der Waals surface area contributed by atoms with Gasteiger partial charge in [-0.05, 0) is 13.3 Å². The number of amidine groups is 1. The van der Waals surface area contributed by atoms with E-state index in [1.54, 1.807) is 21.0 Å². The molecule has 5 heteroatoms. The van der Waals surface area contributed by atoms with Crippen molar-refractivity contribution in [2.45, 2.75) is 20.3 Å². The molecule has 0 aliphatic heterocycles. The molecule has 3 N–H and O–H groups in total. The molecule has 0 aliphatic carbocycles. The predicted molar refractivity (Wildman–Crippen MR) is 50.5 cm³/mol. The molecule has 1 unspecified atom stereocenters. The number of nitrogens with zero attached hydrogens (tertiary/aromatic N) is 2. The molecule has 0 radical (unpaired) electrons. The number of amides is 1. The van der Waals surface area contributed by atoms with Gasteiger partial charge in [-0.25, -0.2) is 0 Å². The Kier molecular flexibility index (Phi) is 3.71. The largest absolute Gasteiger partial charge is 0.409 e. The Hall–Kier alpha value is -1.26. The summed E-state index contributed by atoms with van der Waals surface area (Å²) in [5.74, 6) is -0.209. The topological polar surface area (TPSA) is 78.9 Å². The molecular weight excluding hydrogens is 170 g/mol. The lowest BCUT2D eigenvalue weighted by Crippen LogP contribution is -2.47. The standard InChI is InChI=1S/C8H17N3O2/c1-5-8(2,6(9)10-13)7(12)11(3)4/h13H,5H2,1-4H3,(H2,9,10). The average molecular weight is 187 g/mol. The van der Waals surface area contributed by atoms with E-state index in [1.807, 2.05) is 6.92 Å². The third-order valence-corrected chi connectivity index (χ3v) is 2.26. The lowest BCUT2D eigenvalue weighted by molar-refractivity contribution is -0.135. The highest BCUT2D eigenvalue weighted by Crippen LogP contribution is 2.23. The number of carbonyl (C=O) groups is 1. The van der Waals surface area contributed by atoms with Gasteiger partial charge < -0.3 is 15.8 Å². The van der Waals surface area contributed by atoms with Crippen molar-refractivity contribution < 1.29 is 10.0 Å². The van der Waals surface area contributed by atoms with E-state index in [2.05, 4.69) is 5.16 Å². The molecule has 0 rings (SSSR count). The molecule has 0 aliphatic rings. The van der Waals surface area contributed by atoms with Gasteiger partial charge in [0.25, 0.3) is 0 Å². The third-order valence-electron chi connectivity index (χ3n) is 2.26. The van der Waals surface area contributed by atoms with Crippen molar-refractivity contribution in [3.63, 3.8) is 0 Å². The summed E-state index contributed by atoms with van der Waals surface area (Å²) in [4.78, 5) is 13.1. The zero-order valence-electron chi connectivity index (χ0n) is 8.53. The Balaban J connectivity index is 4.95. The highest BCUT2D eigenvalue weighted by molar-refractivity contribution is 6.06. The summed E-state index contributed by atoms with van der Waals surface area (Å²) >= 11 is 0. The Morgan fingerprint density at radius 2 is 2.08 bits per heavy atom. The smallest absolute Gasteiger partial charge is 0.235 e. The highest BCUT2D eigenvalue weighted by Gasteiger charge is 2.37. The lowest BCUT2D eigenvalue weighted by Gasteiger charge is -2.28. The van der Waals surface area contributed by atoms with Crippen LogP contribution in [0.2, 0.25) is 0 Å². The zero-order chi connectivity index (χ0) is 10.6. The van der Waals surface area contributed by atoms with Crippen LogP contribution in [0.1, 0.15) is 20.3 Å². The Morgan fingerprint density at radius 1 is 1.62 bits per heavy atom. The van der Waals surface area contributed by atoms with Gasteiger partial charge in [-0.1, -0.05) is 12.1 Å². The molecule has 0 aromatic carbocycles. The summed E-state index contributed by atoms with van der Waals surface area (Å²) in [5, 5.41) is 11.4. The van der Waals surface area contributed by atoms with Gasteiger partial charge in [0.15, 0.2) is 5.84 Å². The van der Waals surface area contributed by atoms with Gasteiger partial charge >= 0.3 is 0 Å². The van der Waals surface area contributed by atoms with Crippen LogP contribution < -0.4 is 5.73 Å². The molecule has 0 saturated heterocycles. The molecular formula is C8H17N3O2. The average Bonchev–Trinajstić information content (AvgIpc) is 2.13. The minimum atomic E-state index is -0.905. The molecule has 0 bridgehead atoms. The second-order valence-electron chi connectivity index (χ2n) is 3.37. The summed E-state index contributed by atoms with van der Waals surface area (Å²) in [5.41, 5.74) is 4.55. The summed E-state index contributed by atoms with van der Waals surface area (Å²) in [7, 11) is 3.28. The maximum Gasteiger partial charge on any atom is 0.235 e. The van der Waals surface area contributed by atoms with E-state index in [4.69, 9.17) is 10.9 Å². The van der Waals surface area contributed by atoms with Crippen LogP contribution in [0, 0.1) is 5.41 Å². The maximum atomic E-state index is 11.7. The fourth-order valence-electron chi connectivity index (χ4n) is 1.05. The molecule has 0 heterocycles. The van der Waals surface area contributed by atoms with Gasteiger partial charge in [0, 0.05) is 14.1 Å². The fourth-order valence-corrected chi connectivity index (χ4v) is 1.05. The van der Waals surface area contributed by atoms with Crippen LogP contribution in [-0.2, 0) is 4.79 Å². The maximum absolute atomic E-state index is 11.7. The van der Waals surface area contributed by atoms with Gasteiger partial charge in [0.1, 0.15) is 5.41 Å². The van der Waals surface area contributed by atoms with Crippen LogP contribution >= 0.6 is 0 Å². The Morgan fingerprint density at radius 3 is 2.31 bits per heavy atom. The minimum absolute atomic E-state index is 0.0475. The number of hydrogen-bond acceptors (Lipinski definition) is 3. The molecule has 13 heavy (non-hydrogen) atoms. The molecule has 0 fully saturated rings. The van der Waals surface area contributed by atoms with Crippen molar-refractivity contribution in [2.24, 2.45) is 16.3 Å². The van der Waals surface area contributed by atoms with E-state index in [0.717, 1.165) is 0 Å². The molecule has 0 spiro atoms. The first kappa shape index (κ1) is 11.7. The van der Waals surface area contributed by atoms with Crippen molar-refractivity contribution >= 4 is 11.7 Å².